The Balaban J connectivity index is 1.64. The van der Waals surface area contributed by atoms with E-state index in [1.165, 1.54) is 18.6 Å². The number of nitrogens with zero attached hydrogens (tertiary/aromatic N) is 5. The van der Waals surface area contributed by atoms with Crippen molar-refractivity contribution in [2.24, 2.45) is 13.0 Å². The maximum atomic E-state index is 14.3. The number of sulfonamides is 1. The third-order valence-electron chi connectivity index (χ3n) is 7.95. The molecule has 1 aliphatic heterocycles. The van der Waals surface area contributed by atoms with Crippen molar-refractivity contribution in [3.63, 3.8) is 0 Å². The van der Waals surface area contributed by atoms with Crippen molar-refractivity contribution < 1.29 is 27.8 Å². The van der Waals surface area contributed by atoms with Gasteiger partial charge in [-0.05, 0) is 76.1 Å². The van der Waals surface area contributed by atoms with E-state index in [0.717, 1.165) is 31.4 Å². The van der Waals surface area contributed by atoms with Gasteiger partial charge in [0.15, 0.2) is 5.03 Å². The number of aromatic nitrogens is 3. The number of aryl methyl sites for hydroxylation is 1. The molecule has 0 saturated carbocycles. The molecular formula is C32H46N6O6S. The zero-order chi connectivity index (χ0) is 32.6. The summed E-state index contributed by atoms with van der Waals surface area (Å²) in [5, 5.41) is 10.1. The van der Waals surface area contributed by atoms with E-state index < -0.39 is 16.1 Å². The fourth-order valence-electron chi connectivity index (χ4n) is 5.36. The Morgan fingerprint density at radius 2 is 1.93 bits per heavy atom. The number of imidazole rings is 1. The monoisotopic (exact) mass is 642 g/mol. The number of benzene rings is 1. The average Bonchev–Trinajstić information content (AvgIpc) is 3.46. The molecule has 0 spiro atoms. The highest BCUT2D eigenvalue weighted by molar-refractivity contribution is 7.92. The lowest BCUT2D eigenvalue weighted by Gasteiger charge is -2.36. The minimum absolute atomic E-state index is 0.0834. The number of likely N-dealkylation sites (N-methyl/N-ethyl adjacent to an activating group) is 1. The molecule has 2 aromatic heterocycles. The maximum Gasteiger partial charge on any atom is 0.280 e. The number of hydrogen-bond acceptors (Lipinski definition) is 9. The number of aliphatic hydroxyl groups is 1. The second-order valence-electron chi connectivity index (χ2n) is 12.0. The summed E-state index contributed by atoms with van der Waals surface area (Å²) in [7, 11) is -0.266. The van der Waals surface area contributed by atoms with Gasteiger partial charge in [0.05, 0.1) is 36.7 Å². The number of aliphatic hydroxyl groups excluding tert-OH is 1. The number of carbonyl (C=O) groups excluding carboxylic acids is 1. The van der Waals surface area contributed by atoms with Crippen molar-refractivity contribution in [3.8, 4) is 5.75 Å². The van der Waals surface area contributed by atoms with Gasteiger partial charge in [0.2, 0.25) is 0 Å². The second-order valence-corrected chi connectivity index (χ2v) is 13.7. The molecule has 246 valence electrons. The number of carbonyl (C=O) groups is 1. The van der Waals surface area contributed by atoms with Gasteiger partial charge in [-0.25, -0.2) is 4.98 Å². The van der Waals surface area contributed by atoms with E-state index >= 15 is 0 Å². The molecule has 3 heterocycles. The first-order valence-corrected chi connectivity index (χ1v) is 16.9. The van der Waals surface area contributed by atoms with E-state index in [1.54, 1.807) is 48.0 Å². The normalized spacial score (nSPS) is 21.1. The molecule has 3 aromatic rings. The van der Waals surface area contributed by atoms with Gasteiger partial charge < -0.3 is 24.0 Å². The van der Waals surface area contributed by atoms with Crippen LogP contribution in [0.3, 0.4) is 0 Å². The molecule has 0 bridgehead atoms. The largest absolute Gasteiger partial charge is 0.490 e. The van der Waals surface area contributed by atoms with Gasteiger partial charge in [0.1, 0.15) is 5.75 Å². The van der Waals surface area contributed by atoms with Crippen LogP contribution in [-0.4, -0.2) is 95.4 Å². The predicted octanol–water partition coefficient (Wildman–Crippen LogP) is 3.54. The van der Waals surface area contributed by atoms with Crippen LogP contribution in [0, 0.1) is 5.92 Å². The van der Waals surface area contributed by atoms with E-state index in [0.29, 0.717) is 25.4 Å². The topological polar surface area (TPSA) is 139 Å². The molecule has 0 radical (unpaired) electrons. The number of anilines is 1. The van der Waals surface area contributed by atoms with Crippen molar-refractivity contribution in [2.75, 3.05) is 38.1 Å². The SMILES string of the molecule is C[C@H](CO)N1C[C@H](C)[C@H](CN(C)Cc2ccncc2)OCCCC[C@H](C)Oc2ccc(NS(=O)(=O)c3cn(C)cn3)cc2C1=O. The smallest absolute Gasteiger partial charge is 0.280 e. The van der Waals surface area contributed by atoms with Crippen LogP contribution in [0.15, 0.2) is 60.3 Å². The lowest BCUT2D eigenvalue weighted by molar-refractivity contribution is -0.0177. The van der Waals surface area contributed by atoms with E-state index in [9.17, 15) is 18.3 Å². The molecular weight excluding hydrogens is 596 g/mol. The standard InChI is InChI=1S/C32H46N6O6S/c1-23-17-38(24(2)21-39)32(40)28-16-27(35-45(41,42)31-20-37(5)22-34-31)9-10-29(28)44-25(3)8-6-7-15-43-30(23)19-36(4)18-26-11-13-33-14-12-26/h9-14,16,20,22-25,30,35,39H,6-8,15,17-19,21H2,1-5H3/t23-,24+,25-,30-/m0/s1. The van der Waals surface area contributed by atoms with Crippen LogP contribution in [-0.2, 0) is 28.4 Å². The van der Waals surface area contributed by atoms with Gasteiger partial charge in [-0.15, -0.1) is 0 Å². The van der Waals surface area contributed by atoms with Gasteiger partial charge in [0, 0.05) is 63.5 Å². The molecule has 0 unspecified atom stereocenters. The van der Waals surface area contributed by atoms with Gasteiger partial charge in [-0.3, -0.25) is 19.4 Å². The Morgan fingerprint density at radius 3 is 2.62 bits per heavy atom. The molecule has 0 fully saturated rings. The van der Waals surface area contributed by atoms with Gasteiger partial charge in [-0.1, -0.05) is 6.92 Å². The van der Waals surface area contributed by atoms with Crippen molar-refractivity contribution in [3.05, 3.63) is 66.4 Å². The van der Waals surface area contributed by atoms with Gasteiger partial charge in [-0.2, -0.15) is 8.42 Å². The van der Waals surface area contributed by atoms with Crippen LogP contribution < -0.4 is 9.46 Å². The first kappa shape index (κ1) is 34.4. The fourth-order valence-corrected chi connectivity index (χ4v) is 6.39. The lowest BCUT2D eigenvalue weighted by atomic mass is 10.0. The highest BCUT2D eigenvalue weighted by Gasteiger charge is 2.31. The lowest BCUT2D eigenvalue weighted by Crippen LogP contribution is -2.47. The molecule has 45 heavy (non-hydrogen) atoms. The third kappa shape index (κ3) is 9.49. The first-order valence-electron chi connectivity index (χ1n) is 15.4. The van der Waals surface area contributed by atoms with Crippen molar-refractivity contribution in [1.82, 2.24) is 24.3 Å². The minimum atomic E-state index is -3.99. The minimum Gasteiger partial charge on any atom is -0.490 e. The Morgan fingerprint density at radius 1 is 1.18 bits per heavy atom. The summed E-state index contributed by atoms with van der Waals surface area (Å²) in [5.41, 5.74) is 1.56. The zero-order valence-corrected chi connectivity index (χ0v) is 27.6. The summed E-state index contributed by atoms with van der Waals surface area (Å²) in [6, 6.07) is 8.16. The summed E-state index contributed by atoms with van der Waals surface area (Å²) in [4.78, 5) is 26.2. The van der Waals surface area contributed by atoms with Crippen LogP contribution in [0.1, 0.15) is 56.0 Å². The Labute approximate surface area is 266 Å². The van der Waals surface area contributed by atoms with E-state index in [1.807, 2.05) is 26.1 Å². The molecule has 1 amide bonds. The Hall–Kier alpha value is -3.52. The first-order chi connectivity index (χ1) is 21.5. The maximum absolute atomic E-state index is 14.3. The Kier molecular flexibility index (Phi) is 12.0. The molecule has 4 rings (SSSR count). The van der Waals surface area contributed by atoms with E-state index in [2.05, 4.69) is 26.5 Å². The number of amides is 1. The fraction of sp³-hybridized carbons (Fsp3) is 0.531. The second kappa shape index (κ2) is 15.7. The van der Waals surface area contributed by atoms with E-state index in [4.69, 9.17) is 9.47 Å². The van der Waals surface area contributed by atoms with Crippen LogP contribution in [0.4, 0.5) is 5.69 Å². The van der Waals surface area contributed by atoms with Gasteiger partial charge in [0.25, 0.3) is 15.9 Å². The summed E-state index contributed by atoms with van der Waals surface area (Å²) in [6.45, 7) is 7.82. The molecule has 1 aliphatic rings. The number of hydrogen-bond donors (Lipinski definition) is 2. The molecule has 4 atom stereocenters. The molecule has 0 aliphatic carbocycles. The Bertz CT molecular complexity index is 1500. The zero-order valence-electron chi connectivity index (χ0n) is 26.8. The number of pyridine rings is 1. The molecule has 13 heteroatoms. The predicted molar refractivity (Wildman–Crippen MR) is 171 cm³/mol. The summed E-state index contributed by atoms with van der Waals surface area (Å²) in [6.07, 6.45) is 8.49. The highest BCUT2D eigenvalue weighted by Crippen LogP contribution is 2.29. The number of rotatable bonds is 9. The number of ether oxygens (including phenoxy) is 2. The van der Waals surface area contributed by atoms with Crippen LogP contribution in [0.2, 0.25) is 0 Å². The van der Waals surface area contributed by atoms with E-state index in [-0.39, 0.29) is 46.9 Å². The number of fused-ring (bicyclic) bond motifs is 1. The van der Waals surface area contributed by atoms with Crippen LogP contribution in [0.25, 0.3) is 0 Å². The van der Waals surface area contributed by atoms with Crippen molar-refractivity contribution in [2.45, 2.75) is 69.9 Å². The quantitative estimate of drug-likeness (QED) is 0.359. The van der Waals surface area contributed by atoms with Gasteiger partial charge >= 0.3 is 0 Å². The van der Waals surface area contributed by atoms with Crippen LogP contribution >= 0.6 is 0 Å². The molecule has 1 aromatic carbocycles. The summed E-state index contributed by atoms with van der Waals surface area (Å²) >= 11 is 0. The summed E-state index contributed by atoms with van der Waals surface area (Å²) in [5.74, 6) is -0.0941. The number of nitrogens with one attached hydrogen (secondary N) is 1. The summed E-state index contributed by atoms with van der Waals surface area (Å²) < 4.78 is 42.8. The molecule has 12 nitrogen and oxygen atoms in total. The van der Waals surface area contributed by atoms with Crippen LogP contribution in [0.5, 0.6) is 5.75 Å². The molecule has 0 saturated heterocycles. The average molecular weight is 643 g/mol. The van der Waals surface area contributed by atoms with Crippen molar-refractivity contribution >= 4 is 21.6 Å². The van der Waals surface area contributed by atoms with Crippen molar-refractivity contribution in [1.29, 1.82) is 0 Å². The molecule has 2 N–H and O–H groups in total. The third-order valence-corrected chi connectivity index (χ3v) is 9.22. The highest BCUT2D eigenvalue weighted by atomic mass is 32.2.